The predicted molar refractivity (Wildman–Crippen MR) is 131 cm³/mol. The van der Waals surface area contributed by atoms with E-state index in [1.807, 2.05) is 6.26 Å². The molecule has 0 radical (unpaired) electrons. The van der Waals surface area contributed by atoms with Gasteiger partial charge in [0.15, 0.2) is 5.96 Å². The summed E-state index contributed by atoms with van der Waals surface area (Å²) < 4.78 is 0. The number of amides is 3. The van der Waals surface area contributed by atoms with E-state index in [4.69, 9.17) is 17.2 Å². The Morgan fingerprint density at radius 2 is 1.50 bits per heavy atom. The molecule has 0 fully saturated rings. The quantitative estimate of drug-likeness (QED) is 0.0597. The average Bonchev–Trinajstić information content (AvgIpc) is 2.76. The Labute approximate surface area is 204 Å². The number of hydrogen-bond acceptors (Lipinski definition) is 8. The van der Waals surface area contributed by atoms with Crippen molar-refractivity contribution in [2.75, 3.05) is 25.2 Å². The summed E-state index contributed by atoms with van der Waals surface area (Å²) in [6.45, 7) is 3.16. The molecule has 0 aromatic carbocycles. The molecule has 0 aliphatic rings. The van der Waals surface area contributed by atoms with Gasteiger partial charge >= 0.3 is 5.97 Å². The Balaban J connectivity index is 5.11. The van der Waals surface area contributed by atoms with Crippen molar-refractivity contribution >= 4 is 41.4 Å². The summed E-state index contributed by atoms with van der Waals surface area (Å²) >= 11 is 1.46. The van der Waals surface area contributed by atoms with E-state index in [1.54, 1.807) is 13.8 Å². The van der Waals surface area contributed by atoms with Crippen molar-refractivity contribution < 1.29 is 29.4 Å². The van der Waals surface area contributed by atoms with Gasteiger partial charge in [-0.2, -0.15) is 11.8 Å². The van der Waals surface area contributed by atoms with Crippen molar-refractivity contribution in [3.8, 4) is 0 Å². The molecule has 34 heavy (non-hydrogen) atoms. The number of carboxylic acid groups (broad SMARTS) is 1. The monoisotopic (exact) mass is 505 g/mol. The normalized spacial score (nSPS) is 14.4. The van der Waals surface area contributed by atoms with Gasteiger partial charge in [0, 0.05) is 6.54 Å². The third kappa shape index (κ3) is 13.2. The lowest BCUT2D eigenvalue weighted by molar-refractivity contribution is -0.143. The zero-order valence-electron chi connectivity index (χ0n) is 20.0. The van der Waals surface area contributed by atoms with E-state index in [0.717, 1.165) is 0 Å². The van der Waals surface area contributed by atoms with Crippen LogP contribution in [0.2, 0.25) is 0 Å². The van der Waals surface area contributed by atoms with Gasteiger partial charge in [-0.15, -0.1) is 0 Å². The molecule has 0 heterocycles. The third-order valence-electron chi connectivity index (χ3n) is 4.69. The number of thioether (sulfide) groups is 1. The third-order valence-corrected chi connectivity index (χ3v) is 5.33. The number of nitrogens with two attached hydrogens (primary N) is 3. The minimum atomic E-state index is -1.39. The van der Waals surface area contributed by atoms with E-state index in [2.05, 4.69) is 20.9 Å². The molecule has 13 nitrogen and oxygen atoms in total. The van der Waals surface area contributed by atoms with Crippen LogP contribution in [0.25, 0.3) is 0 Å². The summed E-state index contributed by atoms with van der Waals surface area (Å²) in [5.41, 5.74) is 16.4. The highest BCUT2D eigenvalue weighted by Crippen LogP contribution is 2.06. The smallest absolute Gasteiger partial charge is 0.326 e. The Bertz CT molecular complexity index is 703. The van der Waals surface area contributed by atoms with Crippen LogP contribution in [0, 0.1) is 5.92 Å². The van der Waals surface area contributed by atoms with Crippen molar-refractivity contribution in [2.24, 2.45) is 28.1 Å². The topological polar surface area (TPSA) is 235 Å². The number of carbonyl (C=O) groups excluding carboxylic acids is 3. The predicted octanol–water partition coefficient (Wildman–Crippen LogP) is -2.30. The van der Waals surface area contributed by atoms with Crippen molar-refractivity contribution in [1.82, 2.24) is 16.0 Å². The summed E-state index contributed by atoms with van der Waals surface area (Å²) in [4.78, 5) is 52.9. The minimum absolute atomic E-state index is 0.00150. The van der Waals surface area contributed by atoms with E-state index in [9.17, 15) is 29.4 Å². The lowest BCUT2D eigenvalue weighted by atomic mass is 10.0. The molecule has 196 valence electrons. The van der Waals surface area contributed by atoms with Gasteiger partial charge < -0.3 is 43.4 Å². The molecule has 0 aromatic heterocycles. The second-order valence-corrected chi connectivity index (χ2v) is 9.16. The number of hydrogen-bond donors (Lipinski definition) is 8. The fourth-order valence-corrected chi connectivity index (χ4v) is 3.34. The van der Waals surface area contributed by atoms with Crippen LogP contribution >= 0.6 is 11.8 Å². The van der Waals surface area contributed by atoms with Crippen LogP contribution in [-0.4, -0.2) is 89.2 Å². The molecular formula is C20H39N7O6S. The first-order valence-corrected chi connectivity index (χ1v) is 12.4. The Kier molecular flexibility index (Phi) is 15.7. The molecule has 0 aromatic rings. The maximum absolute atomic E-state index is 12.8. The molecule has 4 atom stereocenters. The fraction of sp³-hybridized carbons (Fsp3) is 0.750. The molecular weight excluding hydrogens is 466 g/mol. The van der Waals surface area contributed by atoms with Crippen LogP contribution in [0.15, 0.2) is 4.99 Å². The highest BCUT2D eigenvalue weighted by Gasteiger charge is 2.30. The van der Waals surface area contributed by atoms with E-state index in [1.165, 1.54) is 11.8 Å². The standard InChI is InChI=1S/C20H39N7O6S/c1-11(2)9-14(19(32)33)26-18(31)15(10-28)27-17(30)13(6-8-34-3)25-16(29)12(21)5-4-7-24-20(22)23/h11-15,28H,4-10,21H2,1-3H3,(H,25,29)(H,26,31)(H,27,30)(H,32,33)(H4,22,23,24). The number of aliphatic imine (C=N–C) groups is 1. The van der Waals surface area contributed by atoms with E-state index < -0.39 is 54.5 Å². The summed E-state index contributed by atoms with van der Waals surface area (Å²) in [6, 6.07) is -4.45. The number of guanidine groups is 1. The SMILES string of the molecule is CSCCC(NC(=O)C(N)CCCN=C(N)N)C(=O)NC(CO)C(=O)NC(CC(C)C)C(=O)O. The number of aliphatic hydroxyl groups is 1. The maximum atomic E-state index is 12.8. The van der Waals surface area contributed by atoms with Crippen molar-refractivity contribution in [1.29, 1.82) is 0 Å². The Morgan fingerprint density at radius 3 is 2.00 bits per heavy atom. The van der Waals surface area contributed by atoms with E-state index in [0.29, 0.717) is 18.7 Å². The molecule has 0 saturated heterocycles. The van der Waals surface area contributed by atoms with Crippen LogP contribution in [0.4, 0.5) is 0 Å². The molecule has 0 rings (SSSR count). The number of nitrogens with zero attached hydrogens (tertiary/aromatic N) is 1. The number of carbonyl (C=O) groups is 4. The number of aliphatic hydroxyl groups excluding tert-OH is 1. The first-order valence-electron chi connectivity index (χ1n) is 11.0. The Morgan fingerprint density at radius 1 is 0.941 bits per heavy atom. The molecule has 0 bridgehead atoms. The van der Waals surface area contributed by atoms with Crippen LogP contribution in [-0.2, 0) is 19.2 Å². The van der Waals surface area contributed by atoms with Crippen molar-refractivity contribution in [3.05, 3.63) is 0 Å². The molecule has 11 N–H and O–H groups in total. The summed E-state index contributed by atoms with van der Waals surface area (Å²) in [5, 5.41) is 26.2. The van der Waals surface area contributed by atoms with Gasteiger partial charge in [-0.3, -0.25) is 19.4 Å². The fourth-order valence-electron chi connectivity index (χ4n) is 2.87. The second kappa shape index (κ2) is 16.9. The number of aliphatic carboxylic acids is 1. The van der Waals surface area contributed by atoms with Crippen LogP contribution in [0.1, 0.15) is 39.5 Å². The minimum Gasteiger partial charge on any atom is -0.480 e. The van der Waals surface area contributed by atoms with Crippen LogP contribution in [0.3, 0.4) is 0 Å². The Hall–Kier alpha value is -2.58. The number of rotatable bonds is 17. The first kappa shape index (κ1) is 31.4. The summed E-state index contributed by atoms with van der Waals surface area (Å²) in [6.07, 6.45) is 3.01. The lowest BCUT2D eigenvalue weighted by Crippen LogP contribution is -2.58. The molecule has 4 unspecified atom stereocenters. The zero-order valence-corrected chi connectivity index (χ0v) is 20.8. The van der Waals surface area contributed by atoms with Gasteiger partial charge in [-0.05, 0) is 43.6 Å². The molecule has 0 spiro atoms. The second-order valence-electron chi connectivity index (χ2n) is 8.17. The van der Waals surface area contributed by atoms with Gasteiger partial charge in [-0.1, -0.05) is 13.8 Å². The van der Waals surface area contributed by atoms with Crippen LogP contribution in [0.5, 0.6) is 0 Å². The maximum Gasteiger partial charge on any atom is 0.326 e. The lowest BCUT2D eigenvalue weighted by Gasteiger charge is -2.24. The number of carboxylic acids is 1. The van der Waals surface area contributed by atoms with Crippen molar-refractivity contribution in [2.45, 2.75) is 63.7 Å². The van der Waals surface area contributed by atoms with Crippen molar-refractivity contribution in [3.63, 3.8) is 0 Å². The largest absolute Gasteiger partial charge is 0.480 e. The zero-order chi connectivity index (χ0) is 26.3. The molecule has 0 aliphatic carbocycles. The van der Waals surface area contributed by atoms with Gasteiger partial charge in [0.2, 0.25) is 17.7 Å². The molecule has 0 saturated carbocycles. The van der Waals surface area contributed by atoms with Gasteiger partial charge in [0.25, 0.3) is 0 Å². The molecule has 0 aliphatic heterocycles. The molecule has 14 heteroatoms. The highest BCUT2D eigenvalue weighted by molar-refractivity contribution is 7.98. The number of nitrogens with one attached hydrogen (secondary N) is 3. The summed E-state index contributed by atoms with van der Waals surface area (Å²) in [5.74, 6) is -2.84. The first-order chi connectivity index (χ1) is 15.9. The van der Waals surface area contributed by atoms with Gasteiger partial charge in [0.1, 0.15) is 18.1 Å². The van der Waals surface area contributed by atoms with E-state index >= 15 is 0 Å². The molecule has 3 amide bonds. The van der Waals surface area contributed by atoms with E-state index in [-0.39, 0.29) is 31.1 Å². The van der Waals surface area contributed by atoms with Crippen LogP contribution < -0.4 is 33.2 Å². The van der Waals surface area contributed by atoms with Gasteiger partial charge in [-0.25, -0.2) is 4.79 Å². The van der Waals surface area contributed by atoms with Gasteiger partial charge in [0.05, 0.1) is 12.6 Å². The average molecular weight is 506 g/mol. The summed E-state index contributed by atoms with van der Waals surface area (Å²) in [7, 11) is 0. The highest BCUT2D eigenvalue weighted by atomic mass is 32.2.